The Morgan fingerprint density at radius 2 is 1.85 bits per heavy atom. The third-order valence-corrected chi connectivity index (χ3v) is 7.03. The van der Waals surface area contributed by atoms with Gasteiger partial charge in [0.1, 0.15) is 0 Å². The quantitative estimate of drug-likeness (QED) is 0.338. The maximum absolute atomic E-state index is 5.84. The molecule has 0 spiro atoms. The number of pyridine rings is 2. The number of nitrogens with zero attached hydrogens (tertiary/aromatic N) is 4. The molecule has 0 aliphatic carbocycles. The summed E-state index contributed by atoms with van der Waals surface area (Å²) in [4.78, 5) is 11.2. The van der Waals surface area contributed by atoms with E-state index in [4.69, 9.17) is 12.2 Å². The largest absolute Gasteiger partial charge is 0.352 e. The topological polar surface area (TPSA) is 46.0 Å². The first kappa shape index (κ1) is 21.8. The van der Waals surface area contributed by atoms with Crippen molar-refractivity contribution in [2.45, 2.75) is 32.5 Å². The van der Waals surface area contributed by atoms with Crippen LogP contribution in [0.3, 0.4) is 0 Å². The van der Waals surface area contributed by atoms with E-state index >= 15 is 0 Å². The number of halogens is 1. The molecule has 0 saturated carbocycles. The van der Waals surface area contributed by atoms with Crippen LogP contribution in [-0.4, -0.2) is 24.5 Å². The molecule has 0 bridgehead atoms. The molecule has 1 aliphatic rings. The zero-order valence-corrected chi connectivity index (χ0v) is 20.8. The van der Waals surface area contributed by atoms with Gasteiger partial charge < -0.3 is 14.8 Å². The van der Waals surface area contributed by atoms with Gasteiger partial charge in [0.2, 0.25) is 0 Å². The predicted molar refractivity (Wildman–Crippen MR) is 138 cm³/mol. The van der Waals surface area contributed by atoms with Gasteiger partial charge in [0.15, 0.2) is 5.11 Å². The Hall–Kier alpha value is -3.03. The summed E-state index contributed by atoms with van der Waals surface area (Å²) in [7, 11) is 0. The van der Waals surface area contributed by atoms with E-state index in [9.17, 15) is 0 Å². The van der Waals surface area contributed by atoms with Crippen molar-refractivity contribution in [3.05, 3.63) is 112 Å². The van der Waals surface area contributed by atoms with Gasteiger partial charge in [-0.25, -0.2) is 0 Å². The number of nitrogens with one attached hydrogen (secondary N) is 1. The Morgan fingerprint density at radius 3 is 2.55 bits per heavy atom. The summed E-state index contributed by atoms with van der Waals surface area (Å²) in [6, 6.07) is 20.7. The standard InChI is InChI=1S/C26H24BrN5S/c1-17-14-22(18(2)32(17)21-10-8-20(27)9-11-21)25-24(23-7-3-4-13-29-23)30-26(33)31(25)16-19-6-5-12-28-15-19/h3-15,24-25H,16H2,1-2H3,(H,30,33)/t24-,25-/m1/s1. The van der Waals surface area contributed by atoms with E-state index in [0.29, 0.717) is 6.54 Å². The Morgan fingerprint density at radius 1 is 1.03 bits per heavy atom. The van der Waals surface area contributed by atoms with E-state index in [1.165, 1.54) is 17.0 Å². The third kappa shape index (κ3) is 4.18. The number of hydrogen-bond acceptors (Lipinski definition) is 3. The van der Waals surface area contributed by atoms with Crippen LogP contribution >= 0.6 is 28.1 Å². The van der Waals surface area contributed by atoms with E-state index < -0.39 is 0 Å². The monoisotopic (exact) mass is 517 g/mol. The minimum Gasteiger partial charge on any atom is -0.352 e. The molecule has 4 aromatic rings. The number of hydrogen-bond donors (Lipinski definition) is 1. The van der Waals surface area contributed by atoms with Crippen LogP contribution in [0.5, 0.6) is 0 Å². The second-order valence-corrected chi connectivity index (χ2v) is 9.56. The fourth-order valence-electron chi connectivity index (χ4n) is 4.68. The van der Waals surface area contributed by atoms with E-state index in [-0.39, 0.29) is 12.1 Å². The molecule has 0 radical (unpaired) electrons. The van der Waals surface area contributed by atoms with Crippen molar-refractivity contribution in [1.82, 2.24) is 24.8 Å². The second kappa shape index (κ2) is 9.08. The molecule has 1 N–H and O–H groups in total. The molecule has 5 rings (SSSR count). The van der Waals surface area contributed by atoms with E-state index in [2.05, 4.69) is 97.0 Å². The zero-order valence-electron chi connectivity index (χ0n) is 18.4. The maximum atomic E-state index is 5.84. The molecule has 1 aromatic carbocycles. The van der Waals surface area contributed by atoms with Gasteiger partial charge in [0, 0.05) is 46.7 Å². The van der Waals surface area contributed by atoms with Crippen LogP contribution in [0, 0.1) is 13.8 Å². The van der Waals surface area contributed by atoms with Gasteiger partial charge in [-0.2, -0.15) is 0 Å². The summed E-state index contributed by atoms with van der Waals surface area (Å²) >= 11 is 9.38. The molecule has 4 heterocycles. The highest BCUT2D eigenvalue weighted by molar-refractivity contribution is 9.10. The van der Waals surface area contributed by atoms with Crippen LogP contribution in [-0.2, 0) is 6.54 Å². The van der Waals surface area contributed by atoms with E-state index in [1.54, 1.807) is 6.20 Å². The molecule has 5 nitrogen and oxygen atoms in total. The first-order chi connectivity index (χ1) is 16.0. The molecule has 1 aliphatic heterocycles. The SMILES string of the molecule is Cc1cc([C@@H]2[C@@H](c3ccccn3)NC(=S)N2Cc2cccnc2)c(C)n1-c1ccc(Br)cc1. The van der Waals surface area contributed by atoms with Crippen molar-refractivity contribution in [1.29, 1.82) is 0 Å². The number of rotatable bonds is 5. The Bertz CT molecular complexity index is 1270. The van der Waals surface area contributed by atoms with Crippen molar-refractivity contribution >= 4 is 33.3 Å². The summed E-state index contributed by atoms with van der Waals surface area (Å²) in [5.74, 6) is 0. The average molecular weight is 518 g/mol. The lowest BCUT2D eigenvalue weighted by atomic mass is 9.96. The second-order valence-electron chi connectivity index (χ2n) is 8.25. The zero-order chi connectivity index (χ0) is 22.9. The molecule has 166 valence electrons. The van der Waals surface area contributed by atoms with Gasteiger partial charge >= 0.3 is 0 Å². The first-order valence-electron chi connectivity index (χ1n) is 10.8. The molecule has 0 amide bonds. The van der Waals surface area contributed by atoms with Crippen LogP contribution in [0.1, 0.15) is 40.3 Å². The summed E-state index contributed by atoms with van der Waals surface area (Å²) in [6.07, 6.45) is 5.54. The summed E-state index contributed by atoms with van der Waals surface area (Å²) in [5, 5.41) is 4.28. The summed E-state index contributed by atoms with van der Waals surface area (Å²) < 4.78 is 3.37. The fourth-order valence-corrected chi connectivity index (χ4v) is 5.25. The Labute approximate surface area is 207 Å². The lowest BCUT2D eigenvalue weighted by Crippen LogP contribution is -2.29. The van der Waals surface area contributed by atoms with Gasteiger partial charge in [0.05, 0.1) is 17.8 Å². The highest BCUT2D eigenvalue weighted by atomic mass is 79.9. The molecular weight excluding hydrogens is 494 g/mol. The normalized spacial score (nSPS) is 17.9. The van der Waals surface area contributed by atoms with Crippen LogP contribution in [0.4, 0.5) is 0 Å². The van der Waals surface area contributed by atoms with Crippen LogP contribution in [0.25, 0.3) is 5.69 Å². The van der Waals surface area contributed by atoms with Gasteiger partial charge in [-0.15, -0.1) is 0 Å². The Balaban J connectivity index is 1.61. The lowest BCUT2D eigenvalue weighted by Gasteiger charge is -2.28. The van der Waals surface area contributed by atoms with Crippen molar-refractivity contribution in [3.63, 3.8) is 0 Å². The molecule has 0 unspecified atom stereocenters. The fraction of sp³-hybridized carbons (Fsp3) is 0.192. The third-order valence-electron chi connectivity index (χ3n) is 6.15. The van der Waals surface area contributed by atoms with Crippen molar-refractivity contribution in [2.75, 3.05) is 0 Å². The molecule has 1 saturated heterocycles. The van der Waals surface area contributed by atoms with Crippen LogP contribution in [0.2, 0.25) is 0 Å². The lowest BCUT2D eigenvalue weighted by molar-refractivity contribution is 0.310. The average Bonchev–Trinajstić information content (AvgIpc) is 3.31. The highest BCUT2D eigenvalue weighted by Gasteiger charge is 2.41. The van der Waals surface area contributed by atoms with Crippen molar-refractivity contribution < 1.29 is 0 Å². The van der Waals surface area contributed by atoms with Crippen molar-refractivity contribution in [2.24, 2.45) is 0 Å². The molecule has 3 aromatic heterocycles. The molecule has 33 heavy (non-hydrogen) atoms. The summed E-state index contributed by atoms with van der Waals surface area (Å²) in [5.41, 5.74) is 6.86. The van der Waals surface area contributed by atoms with E-state index in [1.807, 2.05) is 30.6 Å². The molecular formula is C26H24BrN5S. The minimum atomic E-state index is -0.0470. The molecule has 7 heteroatoms. The number of benzene rings is 1. The van der Waals surface area contributed by atoms with Gasteiger partial charge in [-0.3, -0.25) is 9.97 Å². The van der Waals surface area contributed by atoms with Crippen molar-refractivity contribution in [3.8, 4) is 5.69 Å². The number of aryl methyl sites for hydroxylation is 1. The van der Waals surface area contributed by atoms with E-state index in [0.717, 1.165) is 26.5 Å². The smallest absolute Gasteiger partial charge is 0.170 e. The maximum Gasteiger partial charge on any atom is 0.170 e. The van der Waals surface area contributed by atoms with Gasteiger partial charge in [-0.05, 0) is 85.7 Å². The molecule has 1 fully saturated rings. The van der Waals surface area contributed by atoms with Crippen LogP contribution in [0.15, 0.2) is 83.7 Å². The molecule has 2 atom stereocenters. The number of thiocarbonyl (C=S) groups is 1. The Kier molecular flexibility index (Phi) is 6.00. The van der Waals surface area contributed by atoms with Gasteiger partial charge in [0.25, 0.3) is 0 Å². The van der Waals surface area contributed by atoms with Gasteiger partial charge in [-0.1, -0.05) is 28.1 Å². The predicted octanol–water partition coefficient (Wildman–Crippen LogP) is 5.82. The first-order valence-corrected chi connectivity index (χ1v) is 12.0. The summed E-state index contributed by atoms with van der Waals surface area (Å²) in [6.45, 7) is 5.01. The highest BCUT2D eigenvalue weighted by Crippen LogP contribution is 2.42. The van der Waals surface area contributed by atoms with Crippen LogP contribution < -0.4 is 5.32 Å². The number of aromatic nitrogens is 3. The minimum absolute atomic E-state index is 0.00278.